The second-order valence-electron chi connectivity index (χ2n) is 4.85. The first-order valence-corrected chi connectivity index (χ1v) is 6.64. The molecule has 19 heavy (non-hydrogen) atoms. The molecule has 1 heterocycles. The highest BCUT2D eigenvalue weighted by molar-refractivity contribution is 5.84. The van der Waals surface area contributed by atoms with Crippen molar-refractivity contribution < 1.29 is 0 Å². The summed E-state index contributed by atoms with van der Waals surface area (Å²) in [5.41, 5.74) is 3.80. The van der Waals surface area contributed by atoms with Crippen molar-refractivity contribution in [3.05, 3.63) is 78.0 Å². The molecule has 0 bridgehead atoms. The van der Waals surface area contributed by atoms with Crippen molar-refractivity contribution in [2.45, 2.75) is 12.8 Å². The van der Waals surface area contributed by atoms with Gasteiger partial charge in [0.1, 0.15) is 0 Å². The molecule has 0 aliphatic carbocycles. The minimum Gasteiger partial charge on any atom is -0.361 e. The molecule has 1 aromatic heterocycles. The molecule has 0 radical (unpaired) electrons. The Hall–Kier alpha value is -2.28. The van der Waals surface area contributed by atoms with Crippen LogP contribution in [0.2, 0.25) is 0 Å². The van der Waals surface area contributed by atoms with Crippen LogP contribution in [-0.4, -0.2) is 4.98 Å². The lowest BCUT2D eigenvalue weighted by Crippen LogP contribution is -1.86. The quantitative estimate of drug-likeness (QED) is 0.671. The van der Waals surface area contributed by atoms with Crippen LogP contribution in [-0.2, 0) is 0 Å². The molecule has 1 N–H and O–H groups in total. The minimum atomic E-state index is 0.399. The molecule has 1 unspecified atom stereocenters. The topological polar surface area (TPSA) is 15.8 Å². The van der Waals surface area contributed by atoms with Crippen molar-refractivity contribution in [2.24, 2.45) is 0 Å². The van der Waals surface area contributed by atoms with Crippen LogP contribution in [0.25, 0.3) is 17.0 Å². The molecule has 0 saturated carbocycles. The van der Waals surface area contributed by atoms with Crippen molar-refractivity contribution >= 4 is 17.0 Å². The van der Waals surface area contributed by atoms with Gasteiger partial charge >= 0.3 is 0 Å². The molecule has 0 saturated heterocycles. The Morgan fingerprint density at radius 3 is 2.53 bits per heavy atom. The highest BCUT2D eigenvalue weighted by Crippen LogP contribution is 2.26. The number of rotatable bonds is 3. The van der Waals surface area contributed by atoms with E-state index in [0.717, 1.165) is 0 Å². The summed E-state index contributed by atoms with van der Waals surface area (Å²) >= 11 is 0. The molecule has 0 aliphatic heterocycles. The highest BCUT2D eigenvalue weighted by Gasteiger charge is 2.07. The van der Waals surface area contributed by atoms with Crippen molar-refractivity contribution in [3.63, 3.8) is 0 Å². The minimum absolute atomic E-state index is 0.399. The molecule has 2 aromatic carbocycles. The first-order chi connectivity index (χ1) is 9.34. The van der Waals surface area contributed by atoms with E-state index in [1.54, 1.807) is 0 Å². The first-order valence-electron chi connectivity index (χ1n) is 6.64. The molecule has 3 rings (SSSR count). The normalized spacial score (nSPS) is 13.1. The van der Waals surface area contributed by atoms with E-state index in [-0.39, 0.29) is 0 Å². The number of allylic oxidation sites excluding steroid dienone is 1. The third-order valence-electron chi connectivity index (χ3n) is 3.49. The molecule has 94 valence electrons. The zero-order valence-corrected chi connectivity index (χ0v) is 11.0. The average molecular weight is 247 g/mol. The number of fused-ring (bicyclic) bond motifs is 1. The van der Waals surface area contributed by atoms with E-state index in [0.29, 0.717) is 5.92 Å². The summed E-state index contributed by atoms with van der Waals surface area (Å²) in [5.74, 6) is 0.399. The van der Waals surface area contributed by atoms with Crippen molar-refractivity contribution in [3.8, 4) is 0 Å². The van der Waals surface area contributed by atoms with Crippen molar-refractivity contribution in [2.75, 3.05) is 0 Å². The van der Waals surface area contributed by atoms with Crippen molar-refractivity contribution in [1.29, 1.82) is 0 Å². The fourth-order valence-corrected chi connectivity index (χ4v) is 2.39. The van der Waals surface area contributed by atoms with Crippen LogP contribution in [0.15, 0.2) is 66.9 Å². The lowest BCUT2D eigenvalue weighted by atomic mass is 9.99. The fourth-order valence-electron chi connectivity index (χ4n) is 2.39. The van der Waals surface area contributed by atoms with Crippen LogP contribution in [0.5, 0.6) is 0 Å². The van der Waals surface area contributed by atoms with Crippen LogP contribution < -0.4 is 0 Å². The van der Waals surface area contributed by atoms with E-state index < -0.39 is 0 Å². The lowest BCUT2D eigenvalue weighted by molar-refractivity contribution is 0.984. The summed E-state index contributed by atoms with van der Waals surface area (Å²) in [4.78, 5) is 3.33. The number of aromatic nitrogens is 1. The Balaban J connectivity index is 1.88. The summed E-state index contributed by atoms with van der Waals surface area (Å²) in [7, 11) is 0. The second kappa shape index (κ2) is 5.15. The molecular weight excluding hydrogens is 230 g/mol. The SMILES string of the molecule is CC(/C=C/c1ccccc1)c1c[nH]c2ccccc12. The maximum atomic E-state index is 3.33. The van der Waals surface area contributed by atoms with Gasteiger partial charge in [0.15, 0.2) is 0 Å². The smallest absolute Gasteiger partial charge is 0.0457 e. The standard InChI is InChI=1S/C18H17N/c1-14(11-12-15-7-3-2-4-8-15)17-13-19-18-10-6-5-9-16(17)18/h2-14,19H,1H3/b12-11+. The predicted molar refractivity (Wildman–Crippen MR) is 82.2 cm³/mol. The summed E-state index contributed by atoms with van der Waals surface area (Å²) in [6.45, 7) is 2.23. The molecule has 0 fully saturated rings. The third kappa shape index (κ3) is 2.45. The fraction of sp³-hybridized carbons (Fsp3) is 0.111. The van der Waals surface area contributed by atoms with Gasteiger partial charge in [-0.1, -0.05) is 67.6 Å². The monoisotopic (exact) mass is 247 g/mol. The van der Waals surface area contributed by atoms with Gasteiger partial charge in [0.2, 0.25) is 0 Å². The van der Waals surface area contributed by atoms with Crippen LogP contribution in [0.1, 0.15) is 24.0 Å². The zero-order valence-electron chi connectivity index (χ0n) is 11.0. The van der Waals surface area contributed by atoms with E-state index in [2.05, 4.69) is 78.8 Å². The van der Waals surface area contributed by atoms with Crippen LogP contribution in [0.4, 0.5) is 0 Å². The number of hydrogen-bond donors (Lipinski definition) is 1. The molecule has 1 heteroatoms. The van der Waals surface area contributed by atoms with Gasteiger partial charge in [-0.25, -0.2) is 0 Å². The molecule has 0 aliphatic rings. The Kier molecular flexibility index (Phi) is 3.20. The molecular formula is C18H17N. The maximum Gasteiger partial charge on any atom is 0.0457 e. The molecule has 0 amide bonds. The van der Waals surface area contributed by atoms with Gasteiger partial charge in [0.25, 0.3) is 0 Å². The van der Waals surface area contributed by atoms with E-state index in [4.69, 9.17) is 0 Å². The number of aromatic amines is 1. The number of hydrogen-bond acceptors (Lipinski definition) is 0. The number of nitrogens with one attached hydrogen (secondary N) is 1. The van der Waals surface area contributed by atoms with Crippen molar-refractivity contribution in [1.82, 2.24) is 4.98 Å². The summed E-state index contributed by atoms with van der Waals surface area (Å²) < 4.78 is 0. The summed E-state index contributed by atoms with van der Waals surface area (Å²) in [6, 6.07) is 18.9. The van der Waals surface area contributed by atoms with Gasteiger partial charge in [0.05, 0.1) is 0 Å². The Morgan fingerprint density at radius 1 is 0.947 bits per heavy atom. The zero-order chi connectivity index (χ0) is 13.1. The summed E-state index contributed by atoms with van der Waals surface area (Å²) in [5, 5.41) is 1.31. The van der Waals surface area contributed by atoms with E-state index in [1.807, 2.05) is 6.07 Å². The molecule has 3 aromatic rings. The highest BCUT2D eigenvalue weighted by atomic mass is 14.7. The Morgan fingerprint density at radius 2 is 1.68 bits per heavy atom. The average Bonchev–Trinajstić information content (AvgIpc) is 2.90. The lowest BCUT2D eigenvalue weighted by Gasteiger charge is -2.04. The van der Waals surface area contributed by atoms with Gasteiger partial charge < -0.3 is 4.98 Å². The number of H-pyrrole nitrogens is 1. The first kappa shape index (κ1) is 11.8. The van der Waals surface area contributed by atoms with E-state index >= 15 is 0 Å². The molecule has 1 atom stereocenters. The largest absolute Gasteiger partial charge is 0.361 e. The van der Waals surface area contributed by atoms with Crippen LogP contribution in [0, 0.1) is 0 Å². The Bertz CT molecular complexity index is 692. The molecule has 1 nitrogen and oxygen atoms in total. The Labute approximate surface area is 113 Å². The number of para-hydroxylation sites is 1. The third-order valence-corrected chi connectivity index (χ3v) is 3.49. The van der Waals surface area contributed by atoms with E-state index in [1.165, 1.54) is 22.0 Å². The number of benzene rings is 2. The van der Waals surface area contributed by atoms with Gasteiger partial charge in [-0.2, -0.15) is 0 Å². The summed E-state index contributed by atoms with van der Waals surface area (Å²) in [6.07, 6.45) is 6.56. The van der Waals surface area contributed by atoms with Gasteiger partial charge in [0, 0.05) is 23.0 Å². The predicted octanol–water partition coefficient (Wildman–Crippen LogP) is 4.98. The van der Waals surface area contributed by atoms with Gasteiger partial charge in [-0.15, -0.1) is 0 Å². The molecule has 0 spiro atoms. The second-order valence-corrected chi connectivity index (χ2v) is 4.85. The van der Waals surface area contributed by atoms with Crippen LogP contribution in [0.3, 0.4) is 0 Å². The van der Waals surface area contributed by atoms with E-state index in [9.17, 15) is 0 Å². The maximum absolute atomic E-state index is 3.33. The van der Waals surface area contributed by atoms with Gasteiger partial charge in [-0.3, -0.25) is 0 Å². The van der Waals surface area contributed by atoms with Crippen LogP contribution >= 0.6 is 0 Å². The van der Waals surface area contributed by atoms with Gasteiger partial charge in [-0.05, 0) is 17.2 Å².